The Morgan fingerprint density at radius 3 is 2.57 bits per heavy atom. The molecule has 0 bridgehead atoms. The van der Waals surface area contributed by atoms with E-state index < -0.39 is 66.4 Å². The third-order valence-electron chi connectivity index (χ3n) is 7.08. The fourth-order valence-corrected chi connectivity index (χ4v) is 5.34. The highest BCUT2D eigenvalue weighted by Crippen LogP contribution is 2.37. The maximum atomic E-state index is 13.7. The van der Waals surface area contributed by atoms with E-state index in [0.29, 0.717) is 23.1 Å². The normalized spacial score (nSPS) is 24.8. The summed E-state index contributed by atoms with van der Waals surface area (Å²) in [6.45, 7) is 2.97. The van der Waals surface area contributed by atoms with Crippen molar-refractivity contribution in [1.29, 1.82) is 5.26 Å². The molecule has 200 valence electrons. The number of hydrogen-bond donors (Lipinski definition) is 1. The van der Waals surface area contributed by atoms with Crippen molar-refractivity contribution in [2.45, 2.75) is 76.8 Å². The van der Waals surface area contributed by atoms with Gasteiger partial charge in [0.2, 0.25) is 17.7 Å². The van der Waals surface area contributed by atoms with Gasteiger partial charge >= 0.3 is 6.18 Å². The Kier molecular flexibility index (Phi) is 6.94. The van der Waals surface area contributed by atoms with Gasteiger partial charge in [-0.1, -0.05) is 13.8 Å². The van der Waals surface area contributed by atoms with E-state index in [4.69, 9.17) is 5.26 Å². The molecule has 0 spiro atoms. The molecule has 2 saturated heterocycles. The van der Waals surface area contributed by atoms with Crippen molar-refractivity contribution < 1.29 is 36.3 Å². The van der Waals surface area contributed by atoms with Crippen molar-refractivity contribution in [2.75, 3.05) is 6.54 Å². The van der Waals surface area contributed by atoms with Crippen LogP contribution in [0.3, 0.4) is 0 Å². The minimum atomic E-state index is -4.52. The molecule has 0 radical (unpaired) electrons. The number of hydrogen-bond acceptors (Lipinski definition) is 4. The van der Waals surface area contributed by atoms with Crippen LogP contribution in [0.5, 0.6) is 0 Å². The zero-order valence-corrected chi connectivity index (χ0v) is 20.4. The van der Waals surface area contributed by atoms with E-state index in [1.807, 2.05) is 13.8 Å². The van der Waals surface area contributed by atoms with Gasteiger partial charge in [-0.3, -0.25) is 14.4 Å². The third-order valence-corrected chi connectivity index (χ3v) is 7.08. The molecular formula is C25H27F5N4O3. The number of nitriles is 1. The van der Waals surface area contributed by atoms with E-state index in [2.05, 4.69) is 5.32 Å². The number of amides is 3. The molecule has 0 aliphatic carbocycles. The lowest BCUT2D eigenvalue weighted by molar-refractivity contribution is -0.137. The molecule has 1 aromatic carbocycles. The van der Waals surface area contributed by atoms with Crippen LogP contribution in [-0.2, 0) is 40.1 Å². The second-order valence-corrected chi connectivity index (χ2v) is 10.5. The van der Waals surface area contributed by atoms with E-state index >= 15 is 0 Å². The lowest BCUT2D eigenvalue weighted by Gasteiger charge is -2.22. The summed E-state index contributed by atoms with van der Waals surface area (Å²) in [5, 5.41) is 11.6. The van der Waals surface area contributed by atoms with Gasteiger partial charge < -0.3 is 15.1 Å². The van der Waals surface area contributed by atoms with Crippen LogP contribution >= 0.6 is 0 Å². The topological polar surface area (TPSA) is 93.5 Å². The zero-order chi connectivity index (χ0) is 27.3. The Bertz CT molecular complexity index is 1160. The molecule has 1 N–H and O–H groups in total. The molecule has 3 heterocycles. The number of fused-ring (bicyclic) bond motifs is 1. The van der Waals surface area contributed by atoms with Gasteiger partial charge in [-0.15, -0.1) is 0 Å². The summed E-state index contributed by atoms with van der Waals surface area (Å²) in [7, 11) is 0. The van der Waals surface area contributed by atoms with Crippen LogP contribution in [0.2, 0.25) is 0 Å². The van der Waals surface area contributed by atoms with Gasteiger partial charge in [-0.25, -0.2) is 8.78 Å². The van der Waals surface area contributed by atoms with Crippen LogP contribution in [-0.4, -0.2) is 52.1 Å². The van der Waals surface area contributed by atoms with Crippen molar-refractivity contribution in [3.63, 3.8) is 0 Å². The Morgan fingerprint density at radius 2 is 1.95 bits per heavy atom. The standard InChI is InChI=1S/C25H27F5N4O3/c1-13(2)3-14-4-17(25(28,29)30)5-16-10-33(11-19(14)16)21(35)7-15-6-20(32-22(15)36)23(37)34-12-24(26,27)8-18(34)9-31/h4-5,13,15,18,20H,3,6-8,10-12H2,1-2H3,(H,32,36)/t15-,18-,20-/m0/s1. The molecule has 1 aromatic rings. The zero-order valence-electron chi connectivity index (χ0n) is 20.4. The molecule has 37 heavy (non-hydrogen) atoms. The van der Waals surface area contributed by atoms with Crippen LogP contribution in [0.15, 0.2) is 12.1 Å². The summed E-state index contributed by atoms with van der Waals surface area (Å²) in [5.41, 5.74) is 0.862. The number of carbonyl (C=O) groups is 3. The molecule has 2 fully saturated rings. The van der Waals surface area contributed by atoms with Crippen LogP contribution in [0.25, 0.3) is 0 Å². The van der Waals surface area contributed by atoms with E-state index in [9.17, 15) is 36.3 Å². The van der Waals surface area contributed by atoms with Crippen LogP contribution < -0.4 is 5.32 Å². The van der Waals surface area contributed by atoms with Gasteiger partial charge in [0.15, 0.2) is 0 Å². The second-order valence-electron chi connectivity index (χ2n) is 10.5. The van der Waals surface area contributed by atoms with E-state index in [1.54, 1.807) is 6.07 Å². The van der Waals surface area contributed by atoms with Crippen LogP contribution in [0, 0.1) is 23.2 Å². The minimum Gasteiger partial charge on any atom is -0.344 e. The van der Waals surface area contributed by atoms with Crippen LogP contribution in [0.1, 0.15) is 55.4 Å². The summed E-state index contributed by atoms with van der Waals surface area (Å²) in [4.78, 5) is 40.4. The Hall–Kier alpha value is -3.23. The summed E-state index contributed by atoms with van der Waals surface area (Å²) in [5.74, 6) is -5.81. The van der Waals surface area contributed by atoms with Gasteiger partial charge in [-0.05, 0) is 47.6 Å². The smallest absolute Gasteiger partial charge is 0.344 e. The largest absolute Gasteiger partial charge is 0.416 e. The number of carbonyl (C=O) groups excluding carboxylic acids is 3. The van der Waals surface area contributed by atoms with Crippen molar-refractivity contribution in [2.24, 2.45) is 11.8 Å². The predicted octanol–water partition coefficient (Wildman–Crippen LogP) is 3.40. The van der Waals surface area contributed by atoms with E-state index in [0.717, 1.165) is 17.0 Å². The molecule has 3 aliphatic heterocycles. The molecule has 0 saturated carbocycles. The molecular weight excluding hydrogens is 499 g/mol. The first kappa shape index (κ1) is 26.8. The molecule has 12 heteroatoms. The minimum absolute atomic E-state index is 0.0212. The number of rotatable bonds is 5. The predicted molar refractivity (Wildman–Crippen MR) is 120 cm³/mol. The van der Waals surface area contributed by atoms with Crippen molar-refractivity contribution >= 4 is 17.7 Å². The van der Waals surface area contributed by atoms with Gasteiger partial charge in [0, 0.05) is 31.8 Å². The molecule has 3 atom stereocenters. The van der Waals surface area contributed by atoms with Crippen molar-refractivity contribution in [3.8, 4) is 6.07 Å². The van der Waals surface area contributed by atoms with E-state index in [1.165, 1.54) is 4.90 Å². The molecule has 0 unspecified atom stereocenters. The summed E-state index contributed by atoms with van der Waals surface area (Å²) in [6, 6.07) is 1.44. The molecule has 3 aliphatic rings. The first-order chi connectivity index (χ1) is 17.2. The molecule has 4 rings (SSSR count). The summed E-state index contributed by atoms with van der Waals surface area (Å²) >= 11 is 0. The highest BCUT2D eigenvalue weighted by molar-refractivity contribution is 5.94. The molecule has 3 amide bonds. The SMILES string of the molecule is CC(C)Cc1cc(C(F)(F)F)cc2c1CN(C(=O)C[C@@H]1C[C@@H](C(=O)N3CC(F)(F)C[C@H]3C#N)NC1=O)C2. The lowest BCUT2D eigenvalue weighted by Crippen LogP contribution is -2.46. The third kappa shape index (κ3) is 5.55. The van der Waals surface area contributed by atoms with Crippen LogP contribution in [0.4, 0.5) is 22.0 Å². The van der Waals surface area contributed by atoms with Gasteiger partial charge in [0.05, 0.1) is 18.2 Å². The summed E-state index contributed by atoms with van der Waals surface area (Å²) < 4.78 is 67.8. The van der Waals surface area contributed by atoms with Gasteiger partial charge in [0.1, 0.15) is 12.1 Å². The Morgan fingerprint density at radius 1 is 1.24 bits per heavy atom. The monoisotopic (exact) mass is 526 g/mol. The fraction of sp³-hybridized carbons (Fsp3) is 0.600. The average molecular weight is 527 g/mol. The van der Waals surface area contributed by atoms with Gasteiger partial charge in [0.25, 0.3) is 5.92 Å². The number of alkyl halides is 5. The first-order valence-corrected chi connectivity index (χ1v) is 12.1. The second kappa shape index (κ2) is 9.58. The average Bonchev–Trinajstić information content (AvgIpc) is 3.47. The number of nitrogens with one attached hydrogen (secondary N) is 1. The number of likely N-dealkylation sites (tertiary alicyclic amines) is 1. The quantitative estimate of drug-likeness (QED) is 0.596. The number of nitrogens with zero attached hydrogens (tertiary/aromatic N) is 3. The number of benzene rings is 1. The van der Waals surface area contributed by atoms with Crippen molar-refractivity contribution in [3.05, 3.63) is 34.4 Å². The fourth-order valence-electron chi connectivity index (χ4n) is 5.34. The maximum Gasteiger partial charge on any atom is 0.416 e. The number of halogens is 5. The molecule has 0 aromatic heterocycles. The molecule has 7 nitrogen and oxygen atoms in total. The summed E-state index contributed by atoms with van der Waals surface area (Å²) in [6.07, 6.45) is -5.25. The first-order valence-electron chi connectivity index (χ1n) is 12.1. The Balaban J connectivity index is 1.43. The maximum absolute atomic E-state index is 13.7. The van der Waals surface area contributed by atoms with Gasteiger partial charge in [-0.2, -0.15) is 18.4 Å². The van der Waals surface area contributed by atoms with E-state index in [-0.39, 0.29) is 31.8 Å². The highest BCUT2D eigenvalue weighted by Gasteiger charge is 2.50. The Labute approximate surface area is 210 Å². The lowest BCUT2D eigenvalue weighted by atomic mass is 9.93. The highest BCUT2D eigenvalue weighted by atomic mass is 19.4. The van der Waals surface area contributed by atoms with Crippen molar-refractivity contribution in [1.82, 2.24) is 15.1 Å².